The fourth-order valence-electron chi connectivity index (χ4n) is 1.74. The quantitative estimate of drug-likeness (QED) is 0.882. The van der Waals surface area contributed by atoms with Gasteiger partial charge in [0.25, 0.3) is 0 Å². The Bertz CT molecular complexity index is 499. The summed E-state index contributed by atoms with van der Waals surface area (Å²) in [5.74, 6) is -0.302. The van der Waals surface area contributed by atoms with E-state index in [0.29, 0.717) is 17.0 Å². The maximum absolute atomic E-state index is 13.6. The number of halogens is 2. The van der Waals surface area contributed by atoms with E-state index in [4.69, 9.17) is 17.3 Å². The van der Waals surface area contributed by atoms with Crippen LogP contribution in [0.1, 0.15) is 17.2 Å². The van der Waals surface area contributed by atoms with Gasteiger partial charge in [-0.1, -0.05) is 48.0 Å². The van der Waals surface area contributed by atoms with Gasteiger partial charge in [-0.2, -0.15) is 0 Å². The topological polar surface area (TPSA) is 26.0 Å². The number of nitrogens with two attached hydrogens (primary N) is 1. The van der Waals surface area contributed by atoms with Crippen molar-refractivity contribution < 1.29 is 4.39 Å². The molecule has 0 spiro atoms. The van der Waals surface area contributed by atoms with Crippen LogP contribution in [0.3, 0.4) is 0 Å². The van der Waals surface area contributed by atoms with Gasteiger partial charge < -0.3 is 5.73 Å². The first-order valence-corrected chi connectivity index (χ1v) is 5.79. The predicted molar refractivity (Wildman–Crippen MR) is 68.5 cm³/mol. The van der Waals surface area contributed by atoms with E-state index in [2.05, 4.69) is 0 Å². The van der Waals surface area contributed by atoms with Crippen LogP contribution in [0, 0.1) is 5.82 Å². The van der Waals surface area contributed by atoms with Gasteiger partial charge in [-0.25, -0.2) is 4.39 Å². The highest BCUT2D eigenvalue weighted by Gasteiger charge is 2.10. The van der Waals surface area contributed by atoms with Crippen LogP contribution in [0.25, 0.3) is 0 Å². The highest BCUT2D eigenvalue weighted by molar-refractivity contribution is 6.30. The third kappa shape index (κ3) is 3.05. The molecule has 0 aromatic heterocycles. The summed E-state index contributed by atoms with van der Waals surface area (Å²) in [6.07, 6.45) is 0.465. The van der Waals surface area contributed by atoms with Crippen LogP contribution in [0.4, 0.5) is 4.39 Å². The Morgan fingerprint density at radius 3 is 2.47 bits per heavy atom. The second kappa shape index (κ2) is 5.30. The van der Waals surface area contributed by atoms with Crippen molar-refractivity contribution in [3.8, 4) is 0 Å². The van der Waals surface area contributed by atoms with Gasteiger partial charge in [-0.15, -0.1) is 0 Å². The summed E-state index contributed by atoms with van der Waals surface area (Å²) in [6.45, 7) is 0. The Morgan fingerprint density at radius 1 is 1.12 bits per heavy atom. The van der Waals surface area contributed by atoms with E-state index >= 15 is 0 Å². The van der Waals surface area contributed by atoms with Crippen molar-refractivity contribution >= 4 is 11.6 Å². The molecule has 0 saturated carbocycles. The molecule has 2 N–H and O–H groups in total. The Kier molecular flexibility index (Phi) is 3.77. The van der Waals surface area contributed by atoms with Gasteiger partial charge in [0.05, 0.1) is 0 Å². The second-order valence-electron chi connectivity index (χ2n) is 3.96. The Labute approximate surface area is 105 Å². The molecule has 0 amide bonds. The smallest absolute Gasteiger partial charge is 0.127 e. The molecule has 2 rings (SSSR count). The van der Waals surface area contributed by atoms with E-state index in [0.717, 1.165) is 5.56 Å². The molecule has 2 aromatic carbocycles. The molecular weight excluding hydrogens is 237 g/mol. The van der Waals surface area contributed by atoms with Crippen molar-refractivity contribution in [3.05, 3.63) is 70.5 Å². The average Bonchev–Trinajstić information content (AvgIpc) is 2.34. The van der Waals surface area contributed by atoms with Crippen molar-refractivity contribution in [2.45, 2.75) is 12.5 Å². The van der Waals surface area contributed by atoms with Crippen LogP contribution < -0.4 is 5.73 Å². The van der Waals surface area contributed by atoms with E-state index in [1.165, 1.54) is 6.07 Å². The molecule has 0 bridgehead atoms. The van der Waals surface area contributed by atoms with Crippen LogP contribution >= 0.6 is 11.6 Å². The Morgan fingerprint density at radius 2 is 1.82 bits per heavy atom. The first kappa shape index (κ1) is 12.1. The molecular formula is C14H13ClFN. The maximum Gasteiger partial charge on any atom is 0.127 e. The maximum atomic E-state index is 13.6. The number of hydrogen-bond acceptors (Lipinski definition) is 1. The van der Waals surface area contributed by atoms with Crippen LogP contribution in [0.5, 0.6) is 0 Å². The zero-order chi connectivity index (χ0) is 12.3. The van der Waals surface area contributed by atoms with Crippen LogP contribution in [-0.2, 0) is 6.42 Å². The molecule has 1 unspecified atom stereocenters. The second-order valence-corrected chi connectivity index (χ2v) is 4.39. The summed E-state index contributed by atoms with van der Waals surface area (Å²) in [6, 6.07) is 14.1. The van der Waals surface area contributed by atoms with Crippen molar-refractivity contribution in [1.82, 2.24) is 0 Å². The monoisotopic (exact) mass is 249 g/mol. The fraction of sp³-hybridized carbons (Fsp3) is 0.143. The first-order valence-electron chi connectivity index (χ1n) is 5.41. The van der Waals surface area contributed by atoms with Gasteiger partial charge in [0.15, 0.2) is 0 Å². The van der Waals surface area contributed by atoms with Gasteiger partial charge in [-0.05, 0) is 29.7 Å². The first-order chi connectivity index (χ1) is 8.16. The van der Waals surface area contributed by atoms with E-state index in [1.54, 1.807) is 12.1 Å². The lowest BCUT2D eigenvalue weighted by molar-refractivity contribution is 0.593. The van der Waals surface area contributed by atoms with Gasteiger partial charge in [0.1, 0.15) is 5.82 Å². The SMILES string of the molecule is NC(Cc1ccc(Cl)cc1F)c1ccccc1. The van der Waals surface area contributed by atoms with Crippen LogP contribution in [-0.4, -0.2) is 0 Å². The Balaban J connectivity index is 2.16. The number of benzene rings is 2. The van der Waals surface area contributed by atoms with Crippen molar-refractivity contribution in [1.29, 1.82) is 0 Å². The van der Waals surface area contributed by atoms with Crippen LogP contribution in [0.2, 0.25) is 5.02 Å². The van der Waals surface area contributed by atoms with E-state index in [9.17, 15) is 4.39 Å². The molecule has 0 radical (unpaired) electrons. The van der Waals surface area contributed by atoms with Crippen molar-refractivity contribution in [2.24, 2.45) is 5.73 Å². The van der Waals surface area contributed by atoms with Crippen molar-refractivity contribution in [2.75, 3.05) is 0 Å². The molecule has 2 aromatic rings. The zero-order valence-corrected chi connectivity index (χ0v) is 9.99. The minimum Gasteiger partial charge on any atom is -0.324 e. The molecule has 1 atom stereocenters. The molecule has 0 aliphatic heterocycles. The van der Waals surface area contributed by atoms with E-state index in [1.807, 2.05) is 30.3 Å². The summed E-state index contributed by atoms with van der Waals surface area (Å²) < 4.78 is 13.6. The molecule has 88 valence electrons. The molecule has 0 heterocycles. The third-order valence-corrected chi connectivity index (χ3v) is 2.92. The van der Waals surface area contributed by atoms with Gasteiger partial charge >= 0.3 is 0 Å². The highest BCUT2D eigenvalue weighted by atomic mass is 35.5. The summed E-state index contributed by atoms with van der Waals surface area (Å²) in [5.41, 5.74) is 7.62. The molecule has 17 heavy (non-hydrogen) atoms. The molecule has 0 aliphatic rings. The minimum atomic E-state index is -0.302. The number of hydrogen-bond donors (Lipinski definition) is 1. The molecule has 1 nitrogen and oxygen atoms in total. The summed E-state index contributed by atoms with van der Waals surface area (Å²) in [7, 11) is 0. The summed E-state index contributed by atoms with van der Waals surface area (Å²) in [4.78, 5) is 0. The highest BCUT2D eigenvalue weighted by Crippen LogP contribution is 2.20. The lowest BCUT2D eigenvalue weighted by Gasteiger charge is -2.12. The Hall–Kier alpha value is -1.38. The fourth-order valence-corrected chi connectivity index (χ4v) is 1.90. The normalized spacial score (nSPS) is 12.4. The largest absolute Gasteiger partial charge is 0.324 e. The predicted octanol–water partition coefficient (Wildman–Crippen LogP) is 3.72. The van der Waals surface area contributed by atoms with Gasteiger partial charge in [0.2, 0.25) is 0 Å². The van der Waals surface area contributed by atoms with E-state index in [-0.39, 0.29) is 11.9 Å². The van der Waals surface area contributed by atoms with Gasteiger partial charge in [0, 0.05) is 11.1 Å². The number of rotatable bonds is 3. The van der Waals surface area contributed by atoms with Crippen molar-refractivity contribution in [3.63, 3.8) is 0 Å². The molecule has 0 fully saturated rings. The molecule has 0 saturated heterocycles. The minimum absolute atomic E-state index is 0.202. The summed E-state index contributed by atoms with van der Waals surface area (Å²) >= 11 is 5.70. The standard InChI is InChI=1S/C14H13ClFN/c15-12-7-6-11(13(16)9-12)8-14(17)10-4-2-1-3-5-10/h1-7,9,14H,8,17H2. The van der Waals surface area contributed by atoms with Crippen LogP contribution in [0.15, 0.2) is 48.5 Å². The third-order valence-electron chi connectivity index (χ3n) is 2.68. The average molecular weight is 250 g/mol. The lowest BCUT2D eigenvalue weighted by atomic mass is 9.99. The molecule has 0 aliphatic carbocycles. The lowest BCUT2D eigenvalue weighted by Crippen LogP contribution is -2.13. The zero-order valence-electron chi connectivity index (χ0n) is 9.24. The van der Waals surface area contributed by atoms with Gasteiger partial charge in [-0.3, -0.25) is 0 Å². The summed E-state index contributed by atoms with van der Waals surface area (Å²) in [5, 5.41) is 0.402. The van der Waals surface area contributed by atoms with E-state index < -0.39 is 0 Å². The molecule has 3 heteroatoms.